The lowest BCUT2D eigenvalue weighted by Crippen LogP contribution is -2.41. The summed E-state index contributed by atoms with van der Waals surface area (Å²) in [6.07, 6.45) is 0.553. The van der Waals surface area contributed by atoms with Gasteiger partial charge in [0.1, 0.15) is 0 Å². The third-order valence-corrected chi connectivity index (χ3v) is 3.25. The summed E-state index contributed by atoms with van der Waals surface area (Å²) in [4.78, 5) is 13.8. The van der Waals surface area contributed by atoms with Crippen LogP contribution in [-0.4, -0.2) is 12.5 Å². The van der Waals surface area contributed by atoms with Gasteiger partial charge in [-0.25, -0.2) is 0 Å². The van der Waals surface area contributed by atoms with Crippen LogP contribution in [-0.2, 0) is 10.2 Å². The second-order valence-electron chi connectivity index (χ2n) is 4.98. The Hall–Kier alpha value is -1.51. The van der Waals surface area contributed by atoms with Gasteiger partial charge in [-0.15, -0.1) is 0 Å². The molecule has 0 aliphatic carbocycles. The van der Waals surface area contributed by atoms with E-state index >= 15 is 0 Å². The molecular formula is C13H18N2O. The summed E-state index contributed by atoms with van der Waals surface area (Å²) >= 11 is 0. The van der Waals surface area contributed by atoms with Gasteiger partial charge in [0.15, 0.2) is 0 Å². The van der Waals surface area contributed by atoms with Crippen LogP contribution >= 0.6 is 0 Å². The molecule has 0 spiro atoms. The molecule has 1 heterocycles. The van der Waals surface area contributed by atoms with E-state index < -0.39 is 0 Å². The lowest BCUT2D eigenvalue weighted by Gasteiger charge is -2.38. The fourth-order valence-electron chi connectivity index (χ4n) is 2.38. The second kappa shape index (κ2) is 3.51. The largest absolute Gasteiger partial charge is 0.399 e. The molecule has 1 aromatic carbocycles. The molecular weight excluding hydrogens is 200 g/mol. The number of amides is 1. The Labute approximate surface area is 96.2 Å². The van der Waals surface area contributed by atoms with Crippen LogP contribution in [0.3, 0.4) is 0 Å². The fourth-order valence-corrected chi connectivity index (χ4v) is 2.38. The molecule has 0 aromatic heterocycles. The second-order valence-corrected chi connectivity index (χ2v) is 4.98. The van der Waals surface area contributed by atoms with Gasteiger partial charge in [-0.05, 0) is 30.7 Å². The molecule has 1 aromatic rings. The third kappa shape index (κ3) is 1.56. The summed E-state index contributed by atoms with van der Waals surface area (Å²) < 4.78 is 0. The maximum Gasteiger partial charge on any atom is 0.227 e. The van der Waals surface area contributed by atoms with Gasteiger partial charge < -0.3 is 10.6 Å². The zero-order chi connectivity index (χ0) is 11.9. The van der Waals surface area contributed by atoms with E-state index in [2.05, 4.69) is 13.8 Å². The Bertz CT molecular complexity index is 438. The average Bonchev–Trinajstić information content (AvgIpc) is 2.19. The molecule has 0 atom stereocenters. The number of fused-ring (bicyclic) bond motifs is 1. The van der Waals surface area contributed by atoms with Crippen LogP contribution in [0.5, 0.6) is 0 Å². The fraction of sp³-hybridized carbons (Fsp3) is 0.462. The van der Waals surface area contributed by atoms with Crippen LogP contribution in [0.15, 0.2) is 18.2 Å². The van der Waals surface area contributed by atoms with Crippen molar-refractivity contribution < 1.29 is 4.79 Å². The van der Waals surface area contributed by atoms with E-state index in [-0.39, 0.29) is 11.3 Å². The van der Waals surface area contributed by atoms with E-state index in [1.807, 2.05) is 30.0 Å². The van der Waals surface area contributed by atoms with Crippen molar-refractivity contribution in [2.24, 2.45) is 0 Å². The maximum atomic E-state index is 12.0. The van der Waals surface area contributed by atoms with Crippen molar-refractivity contribution in [3.8, 4) is 0 Å². The number of rotatable bonds is 1. The molecule has 1 amide bonds. The number of nitrogens with zero attached hydrogens (tertiary/aromatic N) is 1. The highest BCUT2D eigenvalue weighted by Gasteiger charge is 2.35. The normalized spacial score (nSPS) is 18.4. The van der Waals surface area contributed by atoms with Gasteiger partial charge in [-0.3, -0.25) is 4.79 Å². The molecule has 3 nitrogen and oxygen atoms in total. The van der Waals surface area contributed by atoms with Crippen molar-refractivity contribution >= 4 is 17.3 Å². The molecule has 1 aliphatic heterocycles. The summed E-state index contributed by atoms with van der Waals surface area (Å²) in [7, 11) is 0. The van der Waals surface area contributed by atoms with Crippen molar-refractivity contribution in [3.63, 3.8) is 0 Å². The Balaban J connectivity index is 2.62. The van der Waals surface area contributed by atoms with Crippen molar-refractivity contribution in [2.45, 2.75) is 32.6 Å². The summed E-state index contributed by atoms with van der Waals surface area (Å²) in [5, 5.41) is 0. The van der Waals surface area contributed by atoms with E-state index in [0.717, 1.165) is 11.4 Å². The van der Waals surface area contributed by atoms with Crippen molar-refractivity contribution in [1.82, 2.24) is 0 Å². The molecule has 2 rings (SSSR count). The van der Waals surface area contributed by atoms with Crippen molar-refractivity contribution in [2.75, 3.05) is 17.2 Å². The van der Waals surface area contributed by atoms with Crippen molar-refractivity contribution in [1.29, 1.82) is 0 Å². The van der Waals surface area contributed by atoms with Crippen LogP contribution < -0.4 is 10.6 Å². The number of nitrogen functional groups attached to an aromatic ring is 1. The van der Waals surface area contributed by atoms with Crippen LogP contribution in [0.2, 0.25) is 0 Å². The van der Waals surface area contributed by atoms with E-state index in [1.54, 1.807) is 0 Å². The van der Waals surface area contributed by atoms with Crippen LogP contribution in [0.1, 0.15) is 32.8 Å². The first-order valence-corrected chi connectivity index (χ1v) is 5.66. The molecule has 1 aliphatic rings. The minimum atomic E-state index is -0.118. The smallest absolute Gasteiger partial charge is 0.227 e. The highest BCUT2D eigenvalue weighted by molar-refractivity contribution is 5.98. The summed E-state index contributed by atoms with van der Waals surface area (Å²) in [6.45, 7) is 6.90. The van der Waals surface area contributed by atoms with Crippen LogP contribution in [0, 0.1) is 0 Å². The van der Waals surface area contributed by atoms with E-state index in [9.17, 15) is 4.79 Å². The van der Waals surface area contributed by atoms with Gasteiger partial charge in [0.2, 0.25) is 5.91 Å². The Kier molecular flexibility index (Phi) is 2.41. The molecule has 0 fully saturated rings. The molecule has 16 heavy (non-hydrogen) atoms. The molecule has 86 valence electrons. The van der Waals surface area contributed by atoms with Crippen LogP contribution in [0.25, 0.3) is 0 Å². The van der Waals surface area contributed by atoms with Gasteiger partial charge in [0, 0.05) is 29.8 Å². The molecule has 3 heteroatoms. The third-order valence-electron chi connectivity index (χ3n) is 3.25. The number of carbonyl (C=O) groups is 1. The topological polar surface area (TPSA) is 46.3 Å². The predicted octanol–water partition coefficient (Wildman–Crippen LogP) is 2.30. The molecule has 0 saturated heterocycles. The van der Waals surface area contributed by atoms with Gasteiger partial charge in [-0.1, -0.05) is 13.8 Å². The monoisotopic (exact) mass is 218 g/mol. The zero-order valence-corrected chi connectivity index (χ0v) is 10.1. The molecule has 0 saturated carbocycles. The van der Waals surface area contributed by atoms with E-state index in [0.29, 0.717) is 13.0 Å². The van der Waals surface area contributed by atoms with Gasteiger partial charge >= 0.3 is 0 Å². The van der Waals surface area contributed by atoms with Crippen LogP contribution in [0.4, 0.5) is 11.4 Å². The summed E-state index contributed by atoms with van der Waals surface area (Å²) in [5.74, 6) is 0.199. The number of nitrogens with two attached hydrogens (primary N) is 1. The average molecular weight is 218 g/mol. The standard InChI is InChI=1S/C13H18N2O/c1-4-15-11-6-5-9(14)7-10(11)13(2,3)8-12(15)16/h5-7H,4,8,14H2,1-3H3. The minimum absolute atomic E-state index is 0.118. The Morgan fingerprint density at radius 1 is 1.44 bits per heavy atom. The summed E-state index contributed by atoms with van der Waals surface area (Å²) in [6, 6.07) is 5.80. The molecule has 0 bridgehead atoms. The lowest BCUT2D eigenvalue weighted by molar-refractivity contribution is -0.120. The molecule has 0 radical (unpaired) electrons. The minimum Gasteiger partial charge on any atom is -0.399 e. The maximum absolute atomic E-state index is 12.0. The first-order valence-electron chi connectivity index (χ1n) is 5.66. The number of anilines is 2. The van der Waals surface area contributed by atoms with E-state index in [1.165, 1.54) is 5.56 Å². The highest BCUT2D eigenvalue weighted by Crippen LogP contribution is 2.40. The predicted molar refractivity (Wildman–Crippen MR) is 66.5 cm³/mol. The van der Waals surface area contributed by atoms with Gasteiger partial charge in [0.25, 0.3) is 0 Å². The molecule has 2 N–H and O–H groups in total. The Morgan fingerprint density at radius 3 is 2.75 bits per heavy atom. The first-order chi connectivity index (χ1) is 7.45. The summed E-state index contributed by atoms with van der Waals surface area (Å²) in [5.41, 5.74) is 8.65. The number of hydrogen-bond donors (Lipinski definition) is 1. The molecule has 0 unspecified atom stereocenters. The van der Waals surface area contributed by atoms with Gasteiger partial charge in [0.05, 0.1) is 0 Å². The number of hydrogen-bond acceptors (Lipinski definition) is 2. The lowest BCUT2D eigenvalue weighted by atomic mass is 9.77. The highest BCUT2D eigenvalue weighted by atomic mass is 16.2. The SMILES string of the molecule is CCN1C(=O)CC(C)(C)c2cc(N)ccc21. The first kappa shape index (κ1) is 11.0. The number of benzene rings is 1. The quantitative estimate of drug-likeness (QED) is 0.735. The van der Waals surface area contributed by atoms with E-state index in [4.69, 9.17) is 5.73 Å². The van der Waals surface area contributed by atoms with Crippen molar-refractivity contribution in [3.05, 3.63) is 23.8 Å². The van der Waals surface area contributed by atoms with Gasteiger partial charge in [-0.2, -0.15) is 0 Å². The number of carbonyl (C=O) groups excluding carboxylic acids is 1. The zero-order valence-electron chi connectivity index (χ0n) is 10.1. The Morgan fingerprint density at radius 2 is 2.12 bits per heavy atom.